The first-order valence-corrected chi connectivity index (χ1v) is 25.6. The fraction of sp³-hybridized carbons (Fsp3) is 0.0571. The molecular formula is C70H48N2O2. The predicted molar refractivity (Wildman–Crippen MR) is 303 cm³/mol. The average molecular weight is 949 g/mol. The Bertz CT molecular complexity index is 4180. The summed E-state index contributed by atoms with van der Waals surface area (Å²) in [6, 6.07) is 92.6. The zero-order chi connectivity index (χ0) is 49.1. The number of hydrogen-bond acceptors (Lipinski definition) is 4. The van der Waals surface area contributed by atoms with Gasteiger partial charge in [-0.15, -0.1) is 0 Å². The Morgan fingerprint density at radius 3 is 1.58 bits per heavy atom. The highest BCUT2D eigenvalue weighted by Crippen LogP contribution is 2.63. The highest BCUT2D eigenvalue weighted by atomic mass is 16.5. The smallest absolute Gasteiger partial charge is 0.135 e. The lowest BCUT2D eigenvalue weighted by Crippen LogP contribution is -2.32. The molecule has 0 N–H and O–H groups in total. The number of anilines is 6. The van der Waals surface area contributed by atoms with Gasteiger partial charge in [0.1, 0.15) is 22.7 Å². The Kier molecular flexibility index (Phi) is 9.19. The summed E-state index contributed by atoms with van der Waals surface area (Å²) in [6.07, 6.45) is 0. The molecule has 0 fully saturated rings. The van der Waals surface area contributed by atoms with Gasteiger partial charge in [-0.3, -0.25) is 0 Å². The lowest BCUT2D eigenvalue weighted by Gasteiger charge is -2.40. The summed E-state index contributed by atoms with van der Waals surface area (Å²) in [4.78, 5) is 4.83. The third-order valence-corrected chi connectivity index (χ3v) is 16.1. The van der Waals surface area contributed by atoms with Crippen LogP contribution in [0.2, 0.25) is 0 Å². The third-order valence-electron chi connectivity index (χ3n) is 16.1. The minimum atomic E-state index is -0.582. The largest absolute Gasteiger partial charge is 0.457 e. The molecule has 4 heteroatoms. The van der Waals surface area contributed by atoms with E-state index in [1.807, 2.05) is 12.1 Å². The Hall–Kier alpha value is -9.38. The van der Waals surface area contributed by atoms with Crippen molar-refractivity contribution in [1.82, 2.24) is 0 Å². The predicted octanol–water partition coefficient (Wildman–Crippen LogP) is 19.0. The highest BCUT2D eigenvalue weighted by Gasteiger charge is 2.51. The van der Waals surface area contributed by atoms with Crippen LogP contribution in [0.1, 0.15) is 47.2 Å². The number of benzene rings is 11. The molecule has 11 aromatic carbocycles. The average Bonchev–Trinajstić information content (AvgIpc) is 4.06. The van der Waals surface area contributed by atoms with Crippen molar-refractivity contribution in [1.29, 1.82) is 0 Å². The number of furan rings is 1. The molecule has 15 rings (SSSR count). The van der Waals surface area contributed by atoms with Gasteiger partial charge in [-0.2, -0.15) is 0 Å². The SMILES string of the molecule is CC1(C)c2ccccc2-c2ccc(N(c3ccccc3)c3cc(N(c4ccc5c(c4)Oc4ccccc4C54c5ccccc5-c5ccccc54)c4ccc5oc6ccccc6c5c4)ccc3-c3ccccc3)cc21. The zero-order valence-corrected chi connectivity index (χ0v) is 41.0. The van der Waals surface area contributed by atoms with E-state index in [0.29, 0.717) is 0 Å². The Labute approximate surface area is 430 Å². The molecule has 2 heterocycles. The fourth-order valence-electron chi connectivity index (χ4n) is 12.8. The van der Waals surface area contributed by atoms with Gasteiger partial charge in [0.05, 0.1) is 11.1 Å². The van der Waals surface area contributed by atoms with Gasteiger partial charge in [-0.05, 0) is 123 Å². The van der Waals surface area contributed by atoms with Crippen LogP contribution in [0.5, 0.6) is 11.5 Å². The van der Waals surface area contributed by atoms with E-state index in [0.717, 1.165) is 89.8 Å². The number of ether oxygens (including phenoxy) is 1. The summed E-state index contributed by atoms with van der Waals surface area (Å²) in [5.41, 5.74) is 21.9. The molecule has 0 bridgehead atoms. The third kappa shape index (κ3) is 6.09. The molecule has 1 aromatic heterocycles. The van der Waals surface area contributed by atoms with E-state index < -0.39 is 5.41 Å². The van der Waals surface area contributed by atoms with Crippen molar-refractivity contribution in [2.75, 3.05) is 9.80 Å². The van der Waals surface area contributed by atoms with Gasteiger partial charge in [-0.1, -0.05) is 190 Å². The van der Waals surface area contributed by atoms with Crippen LogP contribution < -0.4 is 14.5 Å². The minimum Gasteiger partial charge on any atom is -0.457 e. The first-order chi connectivity index (χ1) is 36.4. The summed E-state index contributed by atoms with van der Waals surface area (Å²) in [6.45, 7) is 4.71. The lowest BCUT2D eigenvalue weighted by atomic mass is 9.66. The maximum absolute atomic E-state index is 7.15. The number of rotatable bonds is 7. The molecule has 0 saturated heterocycles. The highest BCUT2D eigenvalue weighted by molar-refractivity contribution is 6.07. The van der Waals surface area contributed by atoms with Crippen molar-refractivity contribution in [3.8, 4) is 44.9 Å². The monoisotopic (exact) mass is 948 g/mol. The Morgan fingerprint density at radius 2 is 0.824 bits per heavy atom. The number of nitrogens with zero attached hydrogens (tertiary/aromatic N) is 2. The quantitative estimate of drug-likeness (QED) is 0.159. The first-order valence-electron chi connectivity index (χ1n) is 25.6. The molecule has 1 aliphatic heterocycles. The van der Waals surface area contributed by atoms with E-state index in [1.165, 1.54) is 44.5 Å². The summed E-state index contributed by atoms with van der Waals surface area (Å²) in [5, 5.41) is 2.13. The van der Waals surface area contributed by atoms with Crippen LogP contribution in [-0.2, 0) is 10.8 Å². The Morgan fingerprint density at radius 1 is 0.311 bits per heavy atom. The molecule has 350 valence electrons. The van der Waals surface area contributed by atoms with Gasteiger partial charge < -0.3 is 19.0 Å². The second-order valence-electron chi connectivity index (χ2n) is 20.4. The van der Waals surface area contributed by atoms with Gasteiger partial charge in [0.25, 0.3) is 0 Å². The molecule has 4 nitrogen and oxygen atoms in total. The maximum atomic E-state index is 7.15. The first kappa shape index (κ1) is 42.3. The topological polar surface area (TPSA) is 28.9 Å². The molecule has 0 saturated carbocycles. The minimum absolute atomic E-state index is 0.183. The van der Waals surface area contributed by atoms with Crippen molar-refractivity contribution >= 4 is 56.1 Å². The molecule has 2 aliphatic carbocycles. The van der Waals surface area contributed by atoms with Crippen molar-refractivity contribution in [2.45, 2.75) is 24.7 Å². The van der Waals surface area contributed by atoms with Crippen molar-refractivity contribution < 1.29 is 9.15 Å². The lowest BCUT2D eigenvalue weighted by molar-refractivity contribution is 0.436. The number of hydrogen-bond donors (Lipinski definition) is 0. The van der Waals surface area contributed by atoms with Crippen molar-refractivity contribution in [3.63, 3.8) is 0 Å². The second-order valence-corrected chi connectivity index (χ2v) is 20.4. The van der Waals surface area contributed by atoms with Crippen LogP contribution in [0, 0.1) is 0 Å². The Balaban J connectivity index is 0.979. The maximum Gasteiger partial charge on any atom is 0.135 e. The molecule has 0 amide bonds. The summed E-state index contributed by atoms with van der Waals surface area (Å²) >= 11 is 0. The summed E-state index contributed by atoms with van der Waals surface area (Å²) < 4.78 is 13.6. The van der Waals surface area contributed by atoms with Gasteiger partial charge in [-0.25, -0.2) is 0 Å². The van der Waals surface area contributed by atoms with Crippen molar-refractivity contribution in [3.05, 3.63) is 288 Å². The summed E-state index contributed by atoms with van der Waals surface area (Å²) in [7, 11) is 0. The molecule has 0 radical (unpaired) electrons. The molecular weight excluding hydrogens is 901 g/mol. The van der Waals surface area contributed by atoms with Crippen LogP contribution >= 0.6 is 0 Å². The van der Waals surface area contributed by atoms with Crippen LogP contribution in [0.25, 0.3) is 55.3 Å². The fourth-order valence-corrected chi connectivity index (χ4v) is 12.8. The molecule has 0 unspecified atom stereocenters. The number of para-hydroxylation sites is 3. The molecule has 74 heavy (non-hydrogen) atoms. The summed E-state index contributed by atoms with van der Waals surface area (Å²) in [5.74, 6) is 1.68. The molecule has 1 spiro atoms. The molecule has 3 aliphatic rings. The second kappa shape index (κ2) is 16.1. The van der Waals surface area contributed by atoms with E-state index in [-0.39, 0.29) is 5.41 Å². The van der Waals surface area contributed by atoms with Crippen molar-refractivity contribution in [2.24, 2.45) is 0 Å². The van der Waals surface area contributed by atoms with Gasteiger partial charge in [0.15, 0.2) is 0 Å². The number of fused-ring (bicyclic) bond motifs is 15. The van der Waals surface area contributed by atoms with Crippen LogP contribution in [0.4, 0.5) is 34.1 Å². The van der Waals surface area contributed by atoms with Crippen LogP contribution in [0.15, 0.2) is 259 Å². The van der Waals surface area contributed by atoms with Gasteiger partial charge in [0, 0.05) is 67.4 Å². The molecule has 0 atom stereocenters. The van der Waals surface area contributed by atoms with Gasteiger partial charge >= 0.3 is 0 Å². The standard InChI is InChI=1S/C70H48N2O2/c1-69(2)58-27-13-9-23-52(58)55-38-34-48(42-63(55)69)72(46-21-7-4-8-22-46)64-43-49(33-37-51(64)45-19-5-3-6-20-45)71(47-36-40-66-57(41-47)56-26-12-17-31-65(56)73-66)50-35-39-62-68(44-50)74-67-32-18-16-30-61(67)70(62)59-28-14-10-24-53(59)54-25-11-15-29-60(54)70/h3-44H,1-2H3. The molecule has 12 aromatic rings. The van der Waals surface area contributed by atoms with E-state index in [1.54, 1.807) is 0 Å². The van der Waals surface area contributed by atoms with Crippen LogP contribution in [-0.4, -0.2) is 0 Å². The van der Waals surface area contributed by atoms with E-state index in [4.69, 9.17) is 9.15 Å². The van der Waals surface area contributed by atoms with Crippen LogP contribution in [0.3, 0.4) is 0 Å². The zero-order valence-electron chi connectivity index (χ0n) is 41.0. The van der Waals surface area contributed by atoms with E-state index in [2.05, 4.69) is 266 Å². The van der Waals surface area contributed by atoms with E-state index >= 15 is 0 Å². The normalized spacial score (nSPS) is 13.9. The van der Waals surface area contributed by atoms with E-state index in [9.17, 15) is 0 Å². The van der Waals surface area contributed by atoms with Gasteiger partial charge in [0.2, 0.25) is 0 Å².